The highest BCUT2D eigenvalue weighted by molar-refractivity contribution is 6.04. The van der Waals surface area contributed by atoms with E-state index in [1.165, 1.54) is 0 Å². The fourth-order valence-electron chi connectivity index (χ4n) is 1.40. The number of amides is 1. The van der Waals surface area contributed by atoms with E-state index in [2.05, 4.69) is 27.4 Å². The van der Waals surface area contributed by atoms with Gasteiger partial charge in [0.2, 0.25) is 0 Å². The maximum atomic E-state index is 11.6. The van der Waals surface area contributed by atoms with Crippen LogP contribution in [0.3, 0.4) is 0 Å². The molecular weight excluding hydrogens is 226 g/mol. The molecule has 1 heterocycles. The maximum Gasteiger partial charge on any atom is 0.301 e. The number of hydrogen-bond acceptors (Lipinski definition) is 2. The van der Waals surface area contributed by atoms with Crippen LogP contribution >= 0.6 is 0 Å². The number of nitrogens with zero attached hydrogens (tertiary/aromatic N) is 1. The van der Waals surface area contributed by atoms with Gasteiger partial charge >= 0.3 is 5.91 Å². The molecule has 90 valence electrons. The van der Waals surface area contributed by atoms with E-state index in [0.717, 1.165) is 16.8 Å². The summed E-state index contributed by atoms with van der Waals surface area (Å²) in [4.78, 5) is 11.6. The molecule has 2 rings (SSSR count). The molecule has 0 atom stereocenters. The van der Waals surface area contributed by atoms with E-state index in [-0.39, 0.29) is 5.91 Å². The Bertz CT molecular complexity index is 617. The number of carbonyl (C=O) groups excluding carboxylic acids is 1. The summed E-state index contributed by atoms with van der Waals surface area (Å²) < 4.78 is 0. The van der Waals surface area contributed by atoms with Crippen molar-refractivity contribution in [3.8, 4) is 11.8 Å². The fraction of sp³-hybridized carbons (Fsp3) is 0.143. The Morgan fingerprint density at radius 2 is 2.00 bits per heavy atom. The fourth-order valence-corrected chi connectivity index (χ4v) is 1.40. The molecule has 0 bridgehead atoms. The van der Waals surface area contributed by atoms with Crippen LogP contribution in [-0.2, 0) is 4.79 Å². The van der Waals surface area contributed by atoms with E-state index < -0.39 is 0 Å². The third kappa shape index (κ3) is 2.77. The second-order valence-electron chi connectivity index (χ2n) is 3.89. The number of aromatic amines is 1. The van der Waals surface area contributed by atoms with Gasteiger partial charge in [-0.05, 0) is 26.0 Å². The first-order valence-electron chi connectivity index (χ1n) is 5.56. The van der Waals surface area contributed by atoms with Crippen molar-refractivity contribution in [2.24, 2.45) is 0 Å². The molecule has 2 aromatic rings. The quantitative estimate of drug-likeness (QED) is 0.748. The zero-order valence-corrected chi connectivity index (χ0v) is 10.2. The molecule has 0 saturated heterocycles. The van der Waals surface area contributed by atoms with Crippen molar-refractivity contribution in [2.45, 2.75) is 13.8 Å². The topological polar surface area (TPSA) is 57.8 Å². The minimum Gasteiger partial charge on any atom is -0.298 e. The summed E-state index contributed by atoms with van der Waals surface area (Å²) in [5, 5.41) is 9.44. The van der Waals surface area contributed by atoms with Crippen LogP contribution in [-0.4, -0.2) is 16.1 Å². The van der Waals surface area contributed by atoms with Gasteiger partial charge in [-0.25, -0.2) is 0 Å². The molecule has 0 aliphatic rings. The predicted molar refractivity (Wildman–Crippen MR) is 70.0 cm³/mol. The second kappa shape index (κ2) is 5.19. The highest BCUT2D eigenvalue weighted by Gasteiger charge is 2.07. The molecule has 2 N–H and O–H groups in total. The van der Waals surface area contributed by atoms with E-state index in [0.29, 0.717) is 5.82 Å². The largest absolute Gasteiger partial charge is 0.301 e. The highest BCUT2D eigenvalue weighted by Crippen LogP contribution is 2.13. The van der Waals surface area contributed by atoms with Crippen molar-refractivity contribution in [1.82, 2.24) is 10.2 Å². The summed E-state index contributed by atoms with van der Waals surface area (Å²) in [6.07, 6.45) is 0. The van der Waals surface area contributed by atoms with Crippen molar-refractivity contribution in [3.63, 3.8) is 0 Å². The van der Waals surface area contributed by atoms with Crippen LogP contribution in [0.15, 0.2) is 30.3 Å². The Morgan fingerprint density at radius 1 is 1.28 bits per heavy atom. The molecule has 1 aromatic heterocycles. The third-order valence-corrected chi connectivity index (χ3v) is 2.58. The van der Waals surface area contributed by atoms with Crippen molar-refractivity contribution < 1.29 is 4.79 Å². The molecule has 4 nitrogen and oxygen atoms in total. The molecule has 0 unspecified atom stereocenters. The lowest BCUT2D eigenvalue weighted by Crippen LogP contribution is -2.09. The number of hydrogen-bond donors (Lipinski definition) is 2. The normalized spacial score (nSPS) is 9.44. The van der Waals surface area contributed by atoms with Crippen molar-refractivity contribution in [2.75, 3.05) is 5.32 Å². The average Bonchev–Trinajstić information content (AvgIpc) is 2.70. The number of carbonyl (C=O) groups is 1. The monoisotopic (exact) mass is 239 g/mol. The van der Waals surface area contributed by atoms with Crippen LogP contribution in [0.25, 0.3) is 0 Å². The minimum atomic E-state index is -0.367. The van der Waals surface area contributed by atoms with Crippen molar-refractivity contribution in [1.29, 1.82) is 0 Å². The van der Waals surface area contributed by atoms with Crippen LogP contribution in [0.1, 0.15) is 16.8 Å². The van der Waals surface area contributed by atoms with Gasteiger partial charge in [0, 0.05) is 22.7 Å². The van der Waals surface area contributed by atoms with E-state index in [4.69, 9.17) is 0 Å². The van der Waals surface area contributed by atoms with Gasteiger partial charge in [0.05, 0.1) is 0 Å². The number of anilines is 1. The summed E-state index contributed by atoms with van der Waals surface area (Å²) in [7, 11) is 0. The van der Waals surface area contributed by atoms with Crippen molar-refractivity contribution >= 4 is 11.7 Å². The summed E-state index contributed by atoms with van der Waals surface area (Å²) in [6.45, 7) is 3.78. The van der Waals surface area contributed by atoms with Crippen LogP contribution in [0.2, 0.25) is 0 Å². The molecule has 1 amide bonds. The molecule has 0 fully saturated rings. The molecule has 0 spiro atoms. The lowest BCUT2D eigenvalue weighted by atomic mass is 10.2. The lowest BCUT2D eigenvalue weighted by molar-refractivity contribution is -0.111. The summed E-state index contributed by atoms with van der Waals surface area (Å²) in [6, 6.07) is 9.36. The Kier molecular flexibility index (Phi) is 3.44. The molecular formula is C14H13N3O. The Balaban J connectivity index is 2.06. The number of nitrogens with one attached hydrogen (secondary N) is 2. The highest BCUT2D eigenvalue weighted by atomic mass is 16.1. The van der Waals surface area contributed by atoms with Gasteiger partial charge in [-0.3, -0.25) is 15.2 Å². The van der Waals surface area contributed by atoms with Crippen LogP contribution in [0.5, 0.6) is 0 Å². The lowest BCUT2D eigenvalue weighted by Gasteiger charge is -1.96. The first-order chi connectivity index (χ1) is 8.66. The van der Waals surface area contributed by atoms with Crippen LogP contribution < -0.4 is 5.32 Å². The van der Waals surface area contributed by atoms with E-state index >= 15 is 0 Å². The number of benzene rings is 1. The molecule has 0 aliphatic heterocycles. The first kappa shape index (κ1) is 11.9. The Hall–Kier alpha value is -2.54. The molecule has 1 aromatic carbocycles. The van der Waals surface area contributed by atoms with Crippen molar-refractivity contribution in [3.05, 3.63) is 47.2 Å². The van der Waals surface area contributed by atoms with E-state index in [9.17, 15) is 4.79 Å². The van der Waals surface area contributed by atoms with Gasteiger partial charge in [-0.1, -0.05) is 24.1 Å². The zero-order valence-electron chi connectivity index (χ0n) is 10.2. The second-order valence-corrected chi connectivity index (χ2v) is 3.89. The van der Waals surface area contributed by atoms with Gasteiger partial charge in [-0.2, -0.15) is 5.10 Å². The Labute approximate surface area is 105 Å². The predicted octanol–water partition coefficient (Wildman–Crippen LogP) is 2.02. The summed E-state index contributed by atoms with van der Waals surface area (Å²) in [5.74, 6) is 5.48. The van der Waals surface area contributed by atoms with Gasteiger partial charge < -0.3 is 0 Å². The Morgan fingerprint density at radius 3 is 2.61 bits per heavy atom. The van der Waals surface area contributed by atoms with Gasteiger partial charge in [0.15, 0.2) is 5.82 Å². The number of aromatic nitrogens is 2. The van der Waals surface area contributed by atoms with Crippen LogP contribution in [0.4, 0.5) is 5.82 Å². The standard InChI is InChI=1S/C14H13N3O/c1-10-11(2)16-17-14(10)15-13(18)9-8-12-6-4-3-5-7-12/h3-7H,1-2H3,(H2,15,16,17,18). The van der Waals surface area contributed by atoms with Gasteiger partial charge in [-0.15, -0.1) is 0 Å². The molecule has 4 heteroatoms. The molecule has 0 saturated carbocycles. The molecule has 18 heavy (non-hydrogen) atoms. The number of rotatable bonds is 1. The van der Waals surface area contributed by atoms with Gasteiger partial charge in [0.25, 0.3) is 0 Å². The third-order valence-electron chi connectivity index (χ3n) is 2.58. The smallest absolute Gasteiger partial charge is 0.298 e. The zero-order chi connectivity index (χ0) is 13.0. The number of aryl methyl sites for hydroxylation is 1. The summed E-state index contributed by atoms with van der Waals surface area (Å²) in [5.41, 5.74) is 2.66. The average molecular weight is 239 g/mol. The van der Waals surface area contributed by atoms with E-state index in [1.807, 2.05) is 44.2 Å². The molecule has 0 aliphatic carbocycles. The number of H-pyrrole nitrogens is 1. The van der Waals surface area contributed by atoms with Gasteiger partial charge in [0.1, 0.15) is 0 Å². The summed E-state index contributed by atoms with van der Waals surface area (Å²) >= 11 is 0. The van der Waals surface area contributed by atoms with E-state index in [1.54, 1.807) is 0 Å². The first-order valence-corrected chi connectivity index (χ1v) is 5.56. The SMILES string of the molecule is Cc1[nH]nc(NC(=O)C#Cc2ccccc2)c1C. The maximum absolute atomic E-state index is 11.6. The van der Waals surface area contributed by atoms with Crippen LogP contribution in [0, 0.1) is 25.7 Å². The minimum absolute atomic E-state index is 0.367. The molecule has 0 radical (unpaired) electrons.